The fraction of sp³-hybridized carbons (Fsp3) is 0.258. The van der Waals surface area contributed by atoms with E-state index in [1.165, 1.54) is 41.2 Å². The Bertz CT molecular complexity index is 2000. The number of fused-ring (bicyclic) bond motifs is 1. The van der Waals surface area contributed by atoms with Gasteiger partial charge < -0.3 is 20.1 Å². The maximum atomic E-state index is 15.3. The number of aromatic amines is 1. The van der Waals surface area contributed by atoms with Crippen molar-refractivity contribution in [1.29, 1.82) is 0 Å². The van der Waals surface area contributed by atoms with Crippen LogP contribution in [0.4, 0.5) is 20.3 Å². The smallest absolute Gasteiger partial charge is 0.335 e. The first kappa shape index (κ1) is 29.7. The van der Waals surface area contributed by atoms with E-state index in [-0.39, 0.29) is 40.4 Å². The van der Waals surface area contributed by atoms with Crippen LogP contribution < -0.4 is 26.6 Å². The summed E-state index contributed by atoms with van der Waals surface area (Å²) >= 11 is 0. The van der Waals surface area contributed by atoms with Crippen LogP contribution in [0.5, 0.6) is 11.5 Å². The van der Waals surface area contributed by atoms with E-state index in [1.807, 2.05) is 6.92 Å². The number of nitrogens with one attached hydrogen (secondary N) is 3. The first-order chi connectivity index (χ1) is 21.7. The lowest BCUT2D eigenvalue weighted by Crippen LogP contribution is -2.42. The number of anilines is 2. The topological polar surface area (TPSA) is 145 Å². The van der Waals surface area contributed by atoms with Crippen LogP contribution in [-0.4, -0.2) is 50.0 Å². The Morgan fingerprint density at radius 3 is 2.60 bits per heavy atom. The number of aromatic nitrogens is 5. The number of carbonyl (C=O) groups is 1. The van der Waals surface area contributed by atoms with Crippen LogP contribution in [0.1, 0.15) is 30.1 Å². The Hall–Kier alpha value is -5.37. The molecule has 0 bridgehead atoms. The van der Waals surface area contributed by atoms with Crippen molar-refractivity contribution in [3.05, 3.63) is 99.0 Å². The van der Waals surface area contributed by atoms with Gasteiger partial charge in [-0.25, -0.2) is 23.1 Å². The quantitative estimate of drug-likeness (QED) is 0.197. The molecule has 1 amide bonds. The molecule has 14 heteroatoms. The highest BCUT2D eigenvalue weighted by molar-refractivity contribution is 6.04. The molecule has 1 fully saturated rings. The van der Waals surface area contributed by atoms with Crippen LogP contribution in [0.2, 0.25) is 0 Å². The van der Waals surface area contributed by atoms with Crippen molar-refractivity contribution >= 4 is 28.4 Å². The number of carbonyl (C=O) groups excluding carboxylic acids is 1. The van der Waals surface area contributed by atoms with Crippen molar-refractivity contribution in [3.8, 4) is 17.2 Å². The summed E-state index contributed by atoms with van der Waals surface area (Å²) < 4.78 is 42.0. The van der Waals surface area contributed by atoms with Gasteiger partial charge in [-0.2, -0.15) is 5.10 Å². The van der Waals surface area contributed by atoms with E-state index in [0.29, 0.717) is 30.0 Å². The minimum absolute atomic E-state index is 0.0523. The molecule has 5 aromatic rings. The average molecular weight is 618 g/mol. The summed E-state index contributed by atoms with van der Waals surface area (Å²) in [5.41, 5.74) is -1.26. The number of pyridine rings is 1. The maximum Gasteiger partial charge on any atom is 0.335 e. The molecule has 1 aliphatic carbocycles. The molecule has 12 nitrogen and oxygen atoms in total. The monoisotopic (exact) mass is 617 g/mol. The standard InChI is InChI=1S/C31H29F2N7O5/c1-17(16-44-2)35-28-26-25(11-12-34-27(26)37-38-28)45-24-10-7-20(13-23(24)33)36-29(41)22-15-39(14-18-3-4-18)31(43)40(30(22)42)21-8-5-19(32)6-9-21/h5-13,15,17-18H,3-4,14,16H2,1-2H3,(H,36,41)(H2,34,35,37,38)/t17-/m1/s1. The van der Waals surface area contributed by atoms with Gasteiger partial charge in [0.05, 0.1) is 12.3 Å². The second-order valence-electron chi connectivity index (χ2n) is 10.8. The second-order valence-corrected chi connectivity index (χ2v) is 10.8. The zero-order valence-electron chi connectivity index (χ0n) is 24.3. The highest BCUT2D eigenvalue weighted by Crippen LogP contribution is 2.35. The molecular weight excluding hydrogens is 588 g/mol. The van der Waals surface area contributed by atoms with E-state index in [1.54, 1.807) is 13.2 Å². The number of hydrogen-bond acceptors (Lipinski definition) is 8. The largest absolute Gasteiger partial charge is 0.453 e. The van der Waals surface area contributed by atoms with Gasteiger partial charge in [-0.05, 0) is 62.1 Å². The molecule has 0 saturated heterocycles. The molecule has 0 aliphatic heterocycles. The van der Waals surface area contributed by atoms with Crippen molar-refractivity contribution in [2.45, 2.75) is 32.4 Å². The molecule has 3 N–H and O–H groups in total. The lowest BCUT2D eigenvalue weighted by Gasteiger charge is -2.14. The number of benzene rings is 2. The van der Waals surface area contributed by atoms with E-state index in [4.69, 9.17) is 9.47 Å². The summed E-state index contributed by atoms with van der Waals surface area (Å²) in [7, 11) is 1.59. The molecule has 3 heterocycles. The number of ether oxygens (including phenoxy) is 2. The third-order valence-corrected chi connectivity index (χ3v) is 7.27. The fourth-order valence-electron chi connectivity index (χ4n) is 4.90. The van der Waals surface area contributed by atoms with Gasteiger partial charge in [-0.1, -0.05) is 0 Å². The molecule has 2 aromatic carbocycles. The van der Waals surface area contributed by atoms with Gasteiger partial charge >= 0.3 is 5.69 Å². The van der Waals surface area contributed by atoms with Crippen LogP contribution in [0.3, 0.4) is 0 Å². The second kappa shape index (κ2) is 12.3. The number of H-pyrrole nitrogens is 1. The first-order valence-electron chi connectivity index (χ1n) is 14.2. The van der Waals surface area contributed by atoms with Crippen LogP contribution >= 0.6 is 0 Å². The van der Waals surface area contributed by atoms with Crippen molar-refractivity contribution < 1.29 is 23.0 Å². The summed E-state index contributed by atoms with van der Waals surface area (Å²) in [6.45, 7) is 2.66. The Labute approximate surface area is 254 Å². The van der Waals surface area contributed by atoms with E-state index < -0.39 is 28.8 Å². The van der Waals surface area contributed by atoms with Crippen molar-refractivity contribution in [3.63, 3.8) is 0 Å². The van der Waals surface area contributed by atoms with Crippen molar-refractivity contribution in [2.24, 2.45) is 5.92 Å². The molecule has 0 spiro atoms. The van der Waals surface area contributed by atoms with Crippen molar-refractivity contribution in [1.82, 2.24) is 24.3 Å². The minimum atomic E-state index is -0.886. The number of halogens is 2. The van der Waals surface area contributed by atoms with Gasteiger partial charge in [0.2, 0.25) is 0 Å². The Morgan fingerprint density at radius 2 is 1.89 bits per heavy atom. The Morgan fingerprint density at radius 1 is 1.11 bits per heavy atom. The third kappa shape index (κ3) is 6.31. The maximum absolute atomic E-state index is 15.3. The number of methoxy groups -OCH3 is 1. The number of amides is 1. The lowest BCUT2D eigenvalue weighted by atomic mass is 10.2. The molecule has 1 aliphatic rings. The van der Waals surface area contributed by atoms with Crippen LogP contribution in [-0.2, 0) is 11.3 Å². The first-order valence-corrected chi connectivity index (χ1v) is 14.2. The number of nitrogens with zero attached hydrogens (tertiary/aromatic N) is 4. The molecule has 6 rings (SSSR count). The van der Waals surface area contributed by atoms with E-state index in [0.717, 1.165) is 35.6 Å². The minimum Gasteiger partial charge on any atom is -0.453 e. The third-order valence-electron chi connectivity index (χ3n) is 7.27. The summed E-state index contributed by atoms with van der Waals surface area (Å²) in [6, 6.07) is 10.1. The average Bonchev–Trinajstić information content (AvgIpc) is 3.74. The van der Waals surface area contributed by atoms with Crippen LogP contribution in [0.15, 0.2) is 70.5 Å². The van der Waals surface area contributed by atoms with E-state index >= 15 is 4.39 Å². The van der Waals surface area contributed by atoms with Crippen LogP contribution in [0, 0.1) is 17.6 Å². The lowest BCUT2D eigenvalue weighted by molar-refractivity contribution is 0.102. The summed E-state index contributed by atoms with van der Waals surface area (Å²) in [5.74, 6) is -1.31. The van der Waals surface area contributed by atoms with Gasteiger partial charge in [-0.3, -0.25) is 19.3 Å². The number of rotatable bonds is 11. The van der Waals surface area contributed by atoms with Gasteiger partial charge in [0.25, 0.3) is 11.5 Å². The zero-order valence-corrected chi connectivity index (χ0v) is 24.3. The molecule has 0 radical (unpaired) electrons. The molecular formula is C31H29F2N7O5. The predicted molar refractivity (Wildman–Crippen MR) is 162 cm³/mol. The van der Waals surface area contributed by atoms with Gasteiger partial charge in [0, 0.05) is 49.9 Å². The van der Waals surface area contributed by atoms with Gasteiger partial charge in [-0.15, -0.1) is 0 Å². The number of hydrogen-bond donors (Lipinski definition) is 3. The Kier molecular flexibility index (Phi) is 8.13. The predicted octanol–water partition coefficient (Wildman–Crippen LogP) is 4.45. The normalized spacial score (nSPS) is 13.5. The van der Waals surface area contributed by atoms with Gasteiger partial charge in [0.1, 0.15) is 22.5 Å². The molecule has 232 valence electrons. The zero-order chi connectivity index (χ0) is 31.7. The highest BCUT2D eigenvalue weighted by Gasteiger charge is 2.25. The van der Waals surface area contributed by atoms with Crippen molar-refractivity contribution in [2.75, 3.05) is 24.4 Å². The molecule has 3 aromatic heterocycles. The van der Waals surface area contributed by atoms with E-state index in [2.05, 4.69) is 25.8 Å². The summed E-state index contributed by atoms with van der Waals surface area (Å²) in [5, 5.41) is 13.3. The fourth-order valence-corrected chi connectivity index (χ4v) is 4.90. The van der Waals surface area contributed by atoms with E-state index in [9.17, 15) is 18.8 Å². The van der Waals surface area contributed by atoms with Crippen LogP contribution in [0.25, 0.3) is 16.7 Å². The molecule has 45 heavy (non-hydrogen) atoms. The highest BCUT2D eigenvalue weighted by atomic mass is 19.1. The molecule has 1 saturated carbocycles. The molecule has 1 atom stereocenters. The van der Waals surface area contributed by atoms with Gasteiger partial charge in [0.15, 0.2) is 23.0 Å². The summed E-state index contributed by atoms with van der Waals surface area (Å²) in [4.78, 5) is 44.1. The Balaban J connectivity index is 1.27. The molecule has 0 unspecified atom stereocenters. The SMILES string of the molecule is COC[C@@H](C)Nc1n[nH]c2nccc(Oc3ccc(NC(=O)c4cn(CC5CC5)c(=O)n(-c5ccc(F)cc5)c4=O)cc3F)c12. The summed E-state index contributed by atoms with van der Waals surface area (Å²) in [6.07, 6.45) is 4.55.